The van der Waals surface area contributed by atoms with Gasteiger partial charge in [-0.2, -0.15) is 0 Å². The Morgan fingerprint density at radius 3 is 2.33 bits per heavy atom. The predicted molar refractivity (Wildman–Crippen MR) is 113 cm³/mol. The summed E-state index contributed by atoms with van der Waals surface area (Å²) in [6, 6.07) is 11.9. The van der Waals surface area contributed by atoms with Crippen molar-refractivity contribution in [1.82, 2.24) is 10.0 Å². The molecule has 2 N–H and O–H groups in total. The van der Waals surface area contributed by atoms with Gasteiger partial charge >= 0.3 is 0 Å². The summed E-state index contributed by atoms with van der Waals surface area (Å²) in [5.41, 5.74) is 1.17. The molecule has 2 aromatic rings. The van der Waals surface area contributed by atoms with E-state index in [1.54, 1.807) is 30.3 Å². The fourth-order valence-electron chi connectivity index (χ4n) is 3.03. The summed E-state index contributed by atoms with van der Waals surface area (Å²) in [5, 5.41) is 2.78. The number of amides is 1. The molecule has 1 heterocycles. The third-order valence-electron chi connectivity index (χ3n) is 4.65. The summed E-state index contributed by atoms with van der Waals surface area (Å²) in [5.74, 6) is -0.382. The third-order valence-corrected chi connectivity index (χ3v) is 7.17. The monoisotopic (exact) mass is 449 g/mol. The van der Waals surface area contributed by atoms with Gasteiger partial charge < -0.3 is 5.32 Å². The molecule has 30 heavy (non-hydrogen) atoms. The molecule has 0 unspecified atom stereocenters. The highest BCUT2D eigenvalue weighted by Crippen LogP contribution is 2.23. The highest BCUT2D eigenvalue weighted by molar-refractivity contribution is 7.91. The second-order valence-corrected chi connectivity index (χ2v) is 11.1. The van der Waals surface area contributed by atoms with Crippen LogP contribution in [0.3, 0.4) is 0 Å². The van der Waals surface area contributed by atoms with Crippen LogP contribution in [0.2, 0.25) is 0 Å². The minimum Gasteiger partial charge on any atom is -0.350 e. The normalized spacial score (nSPS) is 17.4. The number of nitrogens with zero attached hydrogens (tertiary/aromatic N) is 1. The maximum absolute atomic E-state index is 12.8. The highest BCUT2D eigenvalue weighted by atomic mass is 32.2. The van der Waals surface area contributed by atoms with Gasteiger partial charge in [0.1, 0.15) is 11.9 Å². The van der Waals surface area contributed by atoms with Crippen molar-refractivity contribution >= 4 is 31.6 Å². The first-order valence-corrected chi connectivity index (χ1v) is 12.6. The van der Waals surface area contributed by atoms with Gasteiger partial charge in [-0.25, -0.2) is 16.8 Å². The lowest BCUT2D eigenvalue weighted by atomic mass is 10.0. The SMILES string of the molecule is CC(C)[C@H](N=C1NS(=O)(=O)c2ccccc21)C(=O)NCc1ccc(S(C)(=O)=O)cc1. The molecule has 1 aliphatic rings. The second-order valence-electron chi connectivity index (χ2n) is 7.40. The van der Waals surface area contributed by atoms with Crippen LogP contribution in [0.25, 0.3) is 0 Å². The molecular formula is C20H23N3O5S2. The van der Waals surface area contributed by atoms with Crippen LogP contribution in [0.1, 0.15) is 25.0 Å². The molecule has 8 nitrogen and oxygen atoms in total. The van der Waals surface area contributed by atoms with Gasteiger partial charge in [0.2, 0.25) is 5.91 Å². The Morgan fingerprint density at radius 2 is 1.73 bits per heavy atom. The minimum atomic E-state index is -3.68. The number of hydrogen-bond donors (Lipinski definition) is 2. The van der Waals surface area contributed by atoms with E-state index < -0.39 is 25.9 Å². The van der Waals surface area contributed by atoms with Crippen molar-refractivity contribution in [3.05, 3.63) is 59.7 Å². The molecule has 160 valence electrons. The zero-order valence-electron chi connectivity index (χ0n) is 16.8. The molecule has 0 spiro atoms. The minimum absolute atomic E-state index is 0.137. The lowest BCUT2D eigenvalue weighted by Crippen LogP contribution is -2.38. The zero-order valence-corrected chi connectivity index (χ0v) is 18.4. The van der Waals surface area contributed by atoms with Crippen LogP contribution in [0, 0.1) is 5.92 Å². The lowest BCUT2D eigenvalue weighted by Gasteiger charge is -2.17. The van der Waals surface area contributed by atoms with Gasteiger partial charge in [0.05, 0.1) is 9.79 Å². The molecule has 0 aliphatic carbocycles. The Bertz CT molecular complexity index is 1200. The van der Waals surface area contributed by atoms with Crippen molar-refractivity contribution < 1.29 is 21.6 Å². The molecule has 0 aromatic heterocycles. The first kappa shape index (κ1) is 22.0. The third kappa shape index (κ3) is 4.71. The molecule has 3 rings (SSSR count). The van der Waals surface area contributed by atoms with E-state index in [9.17, 15) is 21.6 Å². The molecule has 1 amide bonds. The molecule has 1 aliphatic heterocycles. The van der Waals surface area contributed by atoms with E-state index in [-0.39, 0.29) is 34.0 Å². The maximum Gasteiger partial charge on any atom is 0.263 e. The molecule has 10 heteroatoms. The Labute approximate surface area is 176 Å². The van der Waals surface area contributed by atoms with Gasteiger partial charge in [-0.15, -0.1) is 0 Å². The number of hydrogen-bond acceptors (Lipinski definition) is 6. The highest BCUT2D eigenvalue weighted by Gasteiger charge is 2.32. The zero-order chi connectivity index (χ0) is 22.1. The summed E-state index contributed by atoms with van der Waals surface area (Å²) in [4.78, 5) is 17.5. The number of aliphatic imine (C=N–C) groups is 1. The quantitative estimate of drug-likeness (QED) is 0.692. The molecule has 0 saturated heterocycles. The van der Waals surface area contributed by atoms with Gasteiger partial charge in [0.25, 0.3) is 10.0 Å². The van der Waals surface area contributed by atoms with Crippen LogP contribution >= 0.6 is 0 Å². The summed E-state index contributed by atoms with van der Waals surface area (Å²) in [7, 11) is -6.97. The molecule has 0 fully saturated rings. The Kier molecular flexibility index (Phi) is 6.00. The Morgan fingerprint density at radius 1 is 1.10 bits per heavy atom. The van der Waals surface area contributed by atoms with Crippen molar-refractivity contribution in [3.63, 3.8) is 0 Å². The van der Waals surface area contributed by atoms with E-state index in [0.29, 0.717) is 5.56 Å². The van der Waals surface area contributed by atoms with Crippen LogP contribution in [-0.4, -0.2) is 40.9 Å². The van der Waals surface area contributed by atoms with E-state index in [0.717, 1.165) is 11.8 Å². The molecular weight excluding hydrogens is 426 g/mol. The Balaban J connectivity index is 1.77. The molecule has 0 radical (unpaired) electrons. The fraction of sp³-hybridized carbons (Fsp3) is 0.300. The van der Waals surface area contributed by atoms with Crippen molar-refractivity contribution in [2.24, 2.45) is 10.9 Å². The van der Waals surface area contributed by atoms with Crippen LogP contribution in [0.5, 0.6) is 0 Å². The summed E-state index contributed by atoms with van der Waals surface area (Å²) in [6.45, 7) is 3.84. The summed E-state index contributed by atoms with van der Waals surface area (Å²) >= 11 is 0. The van der Waals surface area contributed by atoms with Gasteiger partial charge in [0, 0.05) is 18.4 Å². The van der Waals surface area contributed by atoms with Crippen LogP contribution in [0.15, 0.2) is 63.3 Å². The number of sulfone groups is 1. The first-order valence-electron chi connectivity index (χ1n) is 9.26. The van der Waals surface area contributed by atoms with Crippen molar-refractivity contribution in [1.29, 1.82) is 0 Å². The molecule has 0 saturated carbocycles. The second kappa shape index (κ2) is 8.19. The van der Waals surface area contributed by atoms with Crippen LogP contribution in [0.4, 0.5) is 0 Å². The van der Waals surface area contributed by atoms with E-state index in [2.05, 4.69) is 15.0 Å². The van der Waals surface area contributed by atoms with Gasteiger partial charge in [-0.05, 0) is 35.7 Å². The average Bonchev–Trinajstić information content (AvgIpc) is 2.94. The first-order chi connectivity index (χ1) is 14.0. The van der Waals surface area contributed by atoms with E-state index >= 15 is 0 Å². The standard InChI is InChI=1S/C20H23N3O5S2/c1-13(2)18(22-19-16-6-4-5-7-17(16)30(27,28)23-19)20(24)21-12-14-8-10-15(11-9-14)29(3,25)26/h4-11,13,18H,12H2,1-3H3,(H,21,24)(H,22,23)/t18-/m0/s1. The number of carbonyl (C=O) groups is 1. The number of sulfonamides is 1. The molecule has 2 aromatic carbocycles. The smallest absolute Gasteiger partial charge is 0.263 e. The number of nitrogens with one attached hydrogen (secondary N) is 2. The van der Waals surface area contributed by atoms with Gasteiger partial charge in [-0.1, -0.05) is 38.1 Å². The fourth-order valence-corrected chi connectivity index (χ4v) is 4.90. The summed E-state index contributed by atoms with van der Waals surface area (Å²) in [6.07, 6.45) is 1.13. The number of carbonyl (C=O) groups excluding carboxylic acids is 1. The van der Waals surface area contributed by atoms with Crippen LogP contribution in [-0.2, 0) is 31.2 Å². The number of fused-ring (bicyclic) bond motifs is 1. The van der Waals surface area contributed by atoms with E-state index in [1.807, 2.05) is 13.8 Å². The maximum atomic E-state index is 12.8. The number of amidine groups is 1. The van der Waals surface area contributed by atoms with Gasteiger partial charge in [0.15, 0.2) is 9.84 Å². The Hall–Kier alpha value is -2.72. The van der Waals surface area contributed by atoms with E-state index in [1.165, 1.54) is 18.2 Å². The number of benzene rings is 2. The average molecular weight is 450 g/mol. The number of rotatable bonds is 6. The topological polar surface area (TPSA) is 122 Å². The predicted octanol–water partition coefficient (Wildman–Crippen LogP) is 1.47. The summed E-state index contributed by atoms with van der Waals surface area (Å²) < 4.78 is 50.0. The van der Waals surface area contributed by atoms with Crippen molar-refractivity contribution in [2.75, 3.05) is 6.26 Å². The molecule has 0 bridgehead atoms. The van der Waals surface area contributed by atoms with Crippen LogP contribution < -0.4 is 10.0 Å². The largest absolute Gasteiger partial charge is 0.350 e. The van der Waals surface area contributed by atoms with Gasteiger partial charge in [-0.3, -0.25) is 14.5 Å². The van der Waals surface area contributed by atoms with Crippen molar-refractivity contribution in [2.45, 2.75) is 36.2 Å². The van der Waals surface area contributed by atoms with Crippen molar-refractivity contribution in [3.8, 4) is 0 Å². The lowest BCUT2D eigenvalue weighted by molar-refractivity contribution is -0.123. The van der Waals surface area contributed by atoms with E-state index in [4.69, 9.17) is 0 Å². The molecule has 1 atom stereocenters.